The molecule has 76 valence electrons. The van der Waals surface area contributed by atoms with E-state index in [2.05, 4.69) is 10.2 Å². The molecule has 0 aliphatic carbocycles. The highest BCUT2D eigenvalue weighted by Gasteiger charge is 2.14. The molecule has 0 atom stereocenters. The number of rotatable bonds is 2. The maximum Gasteiger partial charge on any atom is 0.321 e. The van der Waals surface area contributed by atoms with Crippen LogP contribution in [0.1, 0.15) is 46.0 Å². The van der Waals surface area contributed by atoms with Gasteiger partial charge in [0.1, 0.15) is 12.2 Å². The van der Waals surface area contributed by atoms with E-state index in [1.54, 1.807) is 13.8 Å². The molecule has 0 spiro atoms. The van der Waals surface area contributed by atoms with E-state index in [0.717, 1.165) is 10.9 Å². The molecule has 1 rings (SSSR count). The lowest BCUT2D eigenvalue weighted by molar-refractivity contribution is 0.0659. The summed E-state index contributed by atoms with van der Waals surface area (Å²) < 4.78 is 25.0. The Bertz CT molecular complexity index is 211. The molecule has 0 amide bonds. The van der Waals surface area contributed by atoms with Gasteiger partial charge in [-0.05, 0) is 0 Å². The van der Waals surface area contributed by atoms with Crippen molar-refractivity contribution in [2.24, 2.45) is 0 Å². The van der Waals surface area contributed by atoms with Gasteiger partial charge in [0.15, 0.2) is 0 Å². The van der Waals surface area contributed by atoms with Crippen LogP contribution in [0.25, 0.3) is 0 Å². The molecule has 1 aromatic heterocycles. The van der Waals surface area contributed by atoms with Gasteiger partial charge < -0.3 is 0 Å². The molecule has 5 heteroatoms. The Balaban J connectivity index is 0.000000671. The van der Waals surface area contributed by atoms with Crippen LogP contribution in [0.4, 0.5) is 8.78 Å². The minimum absolute atomic E-state index is 0.0218. The molecule has 0 unspecified atom stereocenters. The van der Waals surface area contributed by atoms with Crippen molar-refractivity contribution in [3.05, 3.63) is 12.2 Å². The average molecular weight is 191 g/mol. The van der Waals surface area contributed by atoms with Crippen molar-refractivity contribution in [2.45, 2.75) is 40.2 Å². The molecule has 13 heavy (non-hydrogen) atoms. The third-order valence-corrected chi connectivity index (χ3v) is 1.33. The van der Waals surface area contributed by atoms with Crippen molar-refractivity contribution < 1.29 is 8.78 Å². The molecule has 0 fully saturated rings. The van der Waals surface area contributed by atoms with Crippen LogP contribution in [0, 0.1) is 0 Å². The molecular weight excluding hydrogens is 176 g/mol. The third-order valence-electron chi connectivity index (χ3n) is 1.33. The van der Waals surface area contributed by atoms with Crippen molar-refractivity contribution in [3.63, 3.8) is 0 Å². The number of hydrogen-bond acceptors (Lipinski definition) is 2. The van der Waals surface area contributed by atoms with E-state index in [1.165, 1.54) is 0 Å². The van der Waals surface area contributed by atoms with Gasteiger partial charge in [0, 0.05) is 5.92 Å². The lowest BCUT2D eigenvalue weighted by Gasteiger charge is -2.06. The molecule has 1 aromatic rings. The van der Waals surface area contributed by atoms with Crippen LogP contribution in [0.3, 0.4) is 0 Å². The predicted molar refractivity (Wildman–Crippen MR) is 46.7 cm³/mol. The molecule has 0 bridgehead atoms. The Morgan fingerprint density at radius 3 is 2.15 bits per heavy atom. The van der Waals surface area contributed by atoms with E-state index < -0.39 is 6.55 Å². The van der Waals surface area contributed by atoms with Crippen LogP contribution in [0.5, 0.6) is 0 Å². The fraction of sp³-hybridized carbons (Fsp3) is 0.750. The molecular formula is C8H15F2N3. The summed E-state index contributed by atoms with van der Waals surface area (Å²) in [7, 11) is 0. The summed E-state index contributed by atoms with van der Waals surface area (Å²) in [6, 6.07) is 0. The Morgan fingerprint density at radius 2 is 1.85 bits per heavy atom. The first-order valence-electron chi connectivity index (χ1n) is 4.30. The highest BCUT2D eigenvalue weighted by Crippen LogP contribution is 2.17. The van der Waals surface area contributed by atoms with Crippen LogP contribution in [-0.2, 0) is 0 Å². The van der Waals surface area contributed by atoms with Crippen LogP contribution >= 0.6 is 0 Å². The standard InChI is InChI=1S/C6H9F2N3.C2H6/c1-4(2)5-10-9-3-11(5)6(7)8;1-2/h3-4,6H,1-2H3;1-2H3. The van der Waals surface area contributed by atoms with E-state index in [1.807, 2.05) is 13.8 Å². The Hall–Kier alpha value is -1.00. The zero-order valence-corrected chi connectivity index (χ0v) is 8.33. The van der Waals surface area contributed by atoms with Gasteiger partial charge in [0.25, 0.3) is 0 Å². The van der Waals surface area contributed by atoms with Crippen molar-refractivity contribution in [1.82, 2.24) is 14.8 Å². The van der Waals surface area contributed by atoms with E-state index >= 15 is 0 Å². The highest BCUT2D eigenvalue weighted by atomic mass is 19.3. The maximum atomic E-state index is 12.1. The summed E-state index contributed by atoms with van der Waals surface area (Å²) in [4.78, 5) is 0. The van der Waals surface area contributed by atoms with Crippen LogP contribution < -0.4 is 0 Å². The zero-order valence-electron chi connectivity index (χ0n) is 8.33. The topological polar surface area (TPSA) is 30.7 Å². The second kappa shape index (κ2) is 5.61. The summed E-state index contributed by atoms with van der Waals surface area (Å²) in [5.41, 5.74) is 0. The van der Waals surface area contributed by atoms with Crippen molar-refractivity contribution in [2.75, 3.05) is 0 Å². The largest absolute Gasteiger partial charge is 0.321 e. The molecule has 0 aliphatic heterocycles. The minimum Gasteiger partial charge on any atom is -0.259 e. The zero-order chi connectivity index (χ0) is 10.4. The summed E-state index contributed by atoms with van der Waals surface area (Å²) in [5.74, 6) is 0.298. The molecule has 3 nitrogen and oxygen atoms in total. The van der Waals surface area contributed by atoms with Gasteiger partial charge in [-0.15, -0.1) is 10.2 Å². The Kier molecular flexibility index (Phi) is 5.18. The van der Waals surface area contributed by atoms with Crippen LogP contribution in [0.2, 0.25) is 0 Å². The second-order valence-corrected chi connectivity index (χ2v) is 2.53. The first kappa shape index (κ1) is 12.0. The number of halogens is 2. The molecule has 0 radical (unpaired) electrons. The number of aromatic nitrogens is 3. The highest BCUT2D eigenvalue weighted by molar-refractivity contribution is 4.92. The summed E-state index contributed by atoms with van der Waals surface area (Å²) in [6.07, 6.45) is 1.04. The van der Waals surface area contributed by atoms with Gasteiger partial charge in [-0.2, -0.15) is 8.78 Å². The van der Waals surface area contributed by atoms with E-state index in [-0.39, 0.29) is 5.92 Å². The van der Waals surface area contributed by atoms with E-state index in [4.69, 9.17) is 0 Å². The number of hydrogen-bond donors (Lipinski definition) is 0. The first-order valence-corrected chi connectivity index (χ1v) is 4.30. The molecule has 0 saturated carbocycles. The minimum atomic E-state index is -2.54. The van der Waals surface area contributed by atoms with Crippen molar-refractivity contribution in [1.29, 1.82) is 0 Å². The monoisotopic (exact) mass is 191 g/mol. The van der Waals surface area contributed by atoms with Gasteiger partial charge in [-0.3, -0.25) is 4.57 Å². The normalized spacial score (nSPS) is 10.2. The molecule has 0 saturated heterocycles. The average Bonchev–Trinajstić information content (AvgIpc) is 2.55. The maximum absolute atomic E-state index is 12.1. The molecule has 0 aromatic carbocycles. The van der Waals surface area contributed by atoms with E-state index in [0.29, 0.717) is 5.82 Å². The van der Waals surface area contributed by atoms with Gasteiger partial charge in [-0.1, -0.05) is 27.7 Å². The lowest BCUT2D eigenvalue weighted by Crippen LogP contribution is -2.04. The molecule has 0 aliphatic rings. The Morgan fingerprint density at radius 1 is 1.31 bits per heavy atom. The fourth-order valence-electron chi connectivity index (χ4n) is 0.815. The van der Waals surface area contributed by atoms with Gasteiger partial charge in [0.2, 0.25) is 0 Å². The smallest absolute Gasteiger partial charge is 0.259 e. The quantitative estimate of drug-likeness (QED) is 0.719. The second-order valence-electron chi connectivity index (χ2n) is 2.53. The molecule has 1 heterocycles. The van der Waals surface area contributed by atoms with Crippen LogP contribution in [0.15, 0.2) is 6.33 Å². The van der Waals surface area contributed by atoms with Gasteiger partial charge in [-0.25, -0.2) is 0 Å². The fourth-order valence-corrected chi connectivity index (χ4v) is 0.815. The SMILES string of the molecule is CC.CC(C)c1nncn1C(F)F. The van der Waals surface area contributed by atoms with Crippen molar-refractivity contribution >= 4 is 0 Å². The number of alkyl halides is 2. The van der Waals surface area contributed by atoms with E-state index in [9.17, 15) is 8.78 Å². The lowest BCUT2D eigenvalue weighted by atomic mass is 10.2. The predicted octanol–water partition coefficient (Wildman–Crippen LogP) is 2.82. The van der Waals surface area contributed by atoms with Gasteiger partial charge >= 0.3 is 6.55 Å². The van der Waals surface area contributed by atoms with Crippen LogP contribution in [-0.4, -0.2) is 14.8 Å². The van der Waals surface area contributed by atoms with Crippen molar-refractivity contribution in [3.8, 4) is 0 Å². The summed E-state index contributed by atoms with van der Waals surface area (Å²) in [5, 5.41) is 6.97. The Labute approximate surface area is 76.8 Å². The summed E-state index contributed by atoms with van der Waals surface area (Å²) >= 11 is 0. The summed E-state index contributed by atoms with van der Waals surface area (Å²) in [6.45, 7) is 5.05. The number of nitrogens with zero attached hydrogens (tertiary/aromatic N) is 3. The molecule has 0 N–H and O–H groups in total. The third kappa shape index (κ3) is 3.08. The first-order chi connectivity index (χ1) is 6.13. The van der Waals surface area contributed by atoms with Gasteiger partial charge in [0.05, 0.1) is 0 Å².